The van der Waals surface area contributed by atoms with Crippen LogP contribution in [0.15, 0.2) is 24.3 Å². The first-order chi connectivity index (χ1) is 12.8. The fraction of sp³-hybridized carbons (Fsp3) is 0.600. The van der Waals surface area contributed by atoms with Gasteiger partial charge in [-0.3, -0.25) is 9.59 Å². The van der Waals surface area contributed by atoms with Crippen LogP contribution in [0.1, 0.15) is 45.6 Å². The van der Waals surface area contributed by atoms with Gasteiger partial charge in [0.15, 0.2) is 0 Å². The number of aromatic hydroxyl groups is 1. The summed E-state index contributed by atoms with van der Waals surface area (Å²) in [5.41, 5.74) is 10.7. The summed E-state index contributed by atoms with van der Waals surface area (Å²) in [6, 6.07) is 6.94. The first-order valence-electron chi connectivity index (χ1n) is 9.23. The summed E-state index contributed by atoms with van der Waals surface area (Å²) in [6.45, 7) is 9.12. The molecule has 0 spiro atoms. The Morgan fingerprint density at radius 2 is 1.71 bits per heavy atom. The molecule has 1 rings (SSSR count). The Morgan fingerprint density at radius 3 is 2.00 bits per heavy atom. The molecule has 28 heavy (non-hydrogen) atoms. The largest absolute Gasteiger partial charge is 0.508 e. The van der Waals surface area contributed by atoms with Gasteiger partial charge in [0.25, 0.3) is 5.24 Å². The van der Waals surface area contributed by atoms with Crippen LogP contribution in [0.2, 0.25) is 0 Å². The molecule has 0 unspecified atom stereocenters. The van der Waals surface area contributed by atoms with Gasteiger partial charge in [0, 0.05) is 6.54 Å². The third-order valence-electron chi connectivity index (χ3n) is 4.08. The van der Waals surface area contributed by atoms with Gasteiger partial charge in [0.1, 0.15) is 11.8 Å². The molecule has 7 nitrogen and oxygen atoms in total. The van der Waals surface area contributed by atoms with Crippen molar-refractivity contribution in [3.63, 3.8) is 0 Å². The zero-order valence-electron chi connectivity index (χ0n) is 17.8. The Labute approximate surface area is 174 Å². The van der Waals surface area contributed by atoms with E-state index in [-0.39, 0.29) is 5.92 Å². The van der Waals surface area contributed by atoms with Gasteiger partial charge in [0.2, 0.25) is 0 Å². The van der Waals surface area contributed by atoms with Crippen LogP contribution in [0.4, 0.5) is 4.79 Å². The summed E-state index contributed by atoms with van der Waals surface area (Å²) in [5, 5.41) is 17.1. The molecule has 1 aromatic rings. The summed E-state index contributed by atoms with van der Waals surface area (Å²) in [6.07, 6.45) is 1.11. The van der Waals surface area contributed by atoms with Gasteiger partial charge in [-0.1, -0.05) is 52.5 Å². The molecule has 0 saturated heterocycles. The summed E-state index contributed by atoms with van der Waals surface area (Å²) >= 11 is 3.10. The zero-order valence-corrected chi connectivity index (χ0v) is 18.7. The molecule has 8 heteroatoms. The Morgan fingerprint density at radius 1 is 1.21 bits per heavy atom. The first kappa shape index (κ1) is 28.4. The van der Waals surface area contributed by atoms with Crippen molar-refractivity contribution in [2.24, 2.45) is 23.3 Å². The maximum Gasteiger partial charge on any atom is 0.320 e. The topological polar surface area (TPSA) is 130 Å². The minimum atomic E-state index is -0.931. The predicted octanol–water partition coefficient (Wildman–Crippen LogP) is 3.13. The molecule has 162 valence electrons. The number of hydrogen-bond acceptors (Lipinski definition) is 5. The fourth-order valence-corrected chi connectivity index (χ4v) is 2.71. The van der Waals surface area contributed by atoms with Crippen molar-refractivity contribution in [1.82, 2.24) is 4.90 Å². The SMILES string of the molecule is CC(C)[C@H](N)C(=O)O.CC[C@@H](c1cccc(O)c1)[C@@H](C)CN(C)C.NC(=O)S. The van der Waals surface area contributed by atoms with Gasteiger partial charge >= 0.3 is 5.97 Å². The molecule has 0 radical (unpaired) electrons. The van der Waals surface area contributed by atoms with E-state index in [0.717, 1.165) is 13.0 Å². The monoisotopic (exact) mass is 415 g/mol. The third kappa shape index (κ3) is 14.3. The number of carboxylic acids is 1. The number of nitrogens with two attached hydrogens (primary N) is 2. The van der Waals surface area contributed by atoms with E-state index in [0.29, 0.717) is 17.6 Å². The number of nitrogens with zero attached hydrogens (tertiary/aromatic N) is 1. The maximum atomic E-state index is 10.0. The average molecular weight is 416 g/mol. The van der Waals surface area contributed by atoms with Crippen LogP contribution in [0.3, 0.4) is 0 Å². The average Bonchev–Trinajstić information content (AvgIpc) is 2.54. The number of carboxylic acid groups (broad SMARTS) is 1. The molecule has 0 aliphatic rings. The molecular formula is C20H37N3O4S. The zero-order chi connectivity index (χ0) is 22.4. The molecule has 0 aliphatic carbocycles. The van der Waals surface area contributed by atoms with Gasteiger partial charge in [-0.25, -0.2) is 0 Å². The molecular weight excluding hydrogens is 378 g/mol. The number of thiol groups is 1. The lowest BCUT2D eigenvalue weighted by Crippen LogP contribution is -2.34. The van der Waals surface area contributed by atoms with Crippen LogP contribution in [0.25, 0.3) is 0 Å². The highest BCUT2D eigenvalue weighted by Gasteiger charge is 2.18. The van der Waals surface area contributed by atoms with E-state index in [2.05, 4.69) is 57.3 Å². The second-order valence-electron chi connectivity index (χ2n) is 7.30. The number of benzene rings is 1. The smallest absolute Gasteiger partial charge is 0.320 e. The lowest BCUT2D eigenvalue weighted by molar-refractivity contribution is -0.139. The molecule has 0 aromatic heterocycles. The summed E-state index contributed by atoms with van der Waals surface area (Å²) < 4.78 is 0. The van der Waals surface area contributed by atoms with Gasteiger partial charge in [-0.2, -0.15) is 0 Å². The number of rotatable bonds is 7. The number of primary amides is 1. The third-order valence-corrected chi connectivity index (χ3v) is 4.08. The van der Waals surface area contributed by atoms with Crippen LogP contribution in [-0.4, -0.2) is 53.0 Å². The minimum Gasteiger partial charge on any atom is -0.508 e. The van der Waals surface area contributed by atoms with Crippen LogP contribution in [0.5, 0.6) is 5.75 Å². The van der Waals surface area contributed by atoms with Crippen molar-refractivity contribution in [3.8, 4) is 5.75 Å². The van der Waals surface area contributed by atoms with Crippen LogP contribution >= 0.6 is 12.6 Å². The standard InChI is InChI=1S/C14H23NO.C5H11NO2.CH3NOS/c1-5-14(11(2)10-15(3)4)12-7-6-8-13(16)9-12;1-3(2)4(6)5(7)8;2-1(3)4/h6-9,11,14,16H,5,10H2,1-4H3;3-4H,6H2,1-2H3,(H,7,8);(H3,2,3,4)/t11-,14+;4-;/m00./s1. The Bertz CT molecular complexity index is 578. The van der Waals surface area contributed by atoms with Crippen molar-refractivity contribution in [1.29, 1.82) is 0 Å². The highest BCUT2D eigenvalue weighted by atomic mass is 32.1. The van der Waals surface area contributed by atoms with Gasteiger partial charge < -0.3 is 26.6 Å². The molecule has 1 aromatic carbocycles. The summed E-state index contributed by atoms with van der Waals surface area (Å²) in [7, 11) is 4.21. The first-order valence-corrected chi connectivity index (χ1v) is 9.68. The molecule has 0 bridgehead atoms. The fourth-order valence-electron chi connectivity index (χ4n) is 2.71. The van der Waals surface area contributed by atoms with Crippen LogP contribution in [-0.2, 0) is 4.79 Å². The van der Waals surface area contributed by atoms with Crippen molar-refractivity contribution >= 4 is 23.8 Å². The predicted molar refractivity (Wildman–Crippen MR) is 118 cm³/mol. The van der Waals surface area contributed by atoms with Crippen molar-refractivity contribution in [3.05, 3.63) is 29.8 Å². The number of phenolic OH excluding ortho intramolecular Hbond substituents is 1. The number of carbonyl (C=O) groups excluding carboxylic acids is 1. The Balaban J connectivity index is 0. The molecule has 0 saturated carbocycles. The summed E-state index contributed by atoms with van der Waals surface area (Å²) in [4.78, 5) is 21.3. The number of hydrogen-bond donors (Lipinski definition) is 5. The van der Waals surface area contributed by atoms with E-state index in [1.807, 2.05) is 12.1 Å². The van der Waals surface area contributed by atoms with E-state index in [9.17, 15) is 9.90 Å². The molecule has 0 fully saturated rings. The van der Waals surface area contributed by atoms with Crippen LogP contribution in [0, 0.1) is 11.8 Å². The van der Waals surface area contributed by atoms with Crippen molar-refractivity contribution in [2.45, 2.75) is 46.1 Å². The second-order valence-corrected chi connectivity index (χ2v) is 7.74. The van der Waals surface area contributed by atoms with E-state index in [1.165, 1.54) is 5.56 Å². The Hall–Kier alpha value is -1.77. The minimum absolute atomic E-state index is 0.0208. The number of aliphatic carboxylic acids is 1. The van der Waals surface area contributed by atoms with Crippen LogP contribution < -0.4 is 11.5 Å². The maximum absolute atomic E-state index is 10.0. The molecule has 3 atom stereocenters. The van der Waals surface area contributed by atoms with Gasteiger partial charge in [-0.15, -0.1) is 0 Å². The second kappa shape index (κ2) is 15.2. The van der Waals surface area contributed by atoms with Gasteiger partial charge in [-0.05, 0) is 56.0 Å². The lowest BCUT2D eigenvalue weighted by Gasteiger charge is -2.26. The highest BCUT2D eigenvalue weighted by molar-refractivity contribution is 7.96. The molecule has 0 heterocycles. The number of amides is 1. The van der Waals surface area contributed by atoms with E-state index in [4.69, 9.17) is 15.6 Å². The van der Waals surface area contributed by atoms with Gasteiger partial charge in [0.05, 0.1) is 0 Å². The van der Waals surface area contributed by atoms with E-state index >= 15 is 0 Å². The summed E-state index contributed by atoms with van der Waals surface area (Å²) in [5.74, 6) is 0.580. The lowest BCUT2D eigenvalue weighted by atomic mass is 9.85. The molecule has 6 N–H and O–H groups in total. The number of carbonyl (C=O) groups is 2. The van der Waals surface area contributed by atoms with Crippen molar-refractivity contribution in [2.75, 3.05) is 20.6 Å². The normalized spacial score (nSPS) is 13.5. The molecule has 0 aliphatic heterocycles. The van der Waals surface area contributed by atoms with E-state index < -0.39 is 17.3 Å². The highest BCUT2D eigenvalue weighted by Crippen LogP contribution is 2.30. The number of phenols is 1. The Kier molecular flexibility index (Phi) is 15.4. The van der Waals surface area contributed by atoms with E-state index in [1.54, 1.807) is 19.9 Å². The quantitative estimate of drug-likeness (QED) is 0.435. The van der Waals surface area contributed by atoms with Crippen molar-refractivity contribution < 1.29 is 19.8 Å². The molecule has 1 amide bonds.